The van der Waals surface area contributed by atoms with Gasteiger partial charge in [-0.15, -0.1) is 0 Å². The molecule has 0 atom stereocenters. The minimum Gasteiger partial charge on any atom is -0.380 e. The van der Waals surface area contributed by atoms with Gasteiger partial charge in [0.2, 0.25) is 0 Å². The average Bonchev–Trinajstić information content (AvgIpc) is 2.31. The number of aryl methyl sites for hydroxylation is 1. The van der Waals surface area contributed by atoms with Gasteiger partial charge < -0.3 is 5.32 Å². The monoisotopic (exact) mass is 252 g/mol. The van der Waals surface area contributed by atoms with E-state index in [4.69, 9.17) is 5.26 Å². The van der Waals surface area contributed by atoms with Crippen molar-refractivity contribution in [3.8, 4) is 6.07 Å². The van der Waals surface area contributed by atoms with Crippen LogP contribution in [0, 0.1) is 35.3 Å². The van der Waals surface area contributed by atoms with Gasteiger partial charge in [0, 0.05) is 13.0 Å². The van der Waals surface area contributed by atoms with Crippen molar-refractivity contribution in [3.05, 3.63) is 29.3 Å². The molecule has 0 spiro atoms. The van der Waals surface area contributed by atoms with Crippen LogP contribution in [0.2, 0.25) is 0 Å². The molecule has 0 aliphatic heterocycles. The molecule has 0 saturated heterocycles. The van der Waals surface area contributed by atoms with Gasteiger partial charge in [-0.25, -0.2) is 8.78 Å². The summed E-state index contributed by atoms with van der Waals surface area (Å²) in [7, 11) is 0. The Labute approximate surface area is 107 Å². The van der Waals surface area contributed by atoms with Crippen LogP contribution >= 0.6 is 0 Å². The van der Waals surface area contributed by atoms with E-state index in [1.165, 1.54) is 12.1 Å². The van der Waals surface area contributed by atoms with Gasteiger partial charge in [-0.2, -0.15) is 5.26 Å². The first kappa shape index (κ1) is 14.4. The largest absolute Gasteiger partial charge is 0.380 e. The van der Waals surface area contributed by atoms with Crippen LogP contribution in [0.15, 0.2) is 12.1 Å². The zero-order valence-electron chi connectivity index (χ0n) is 11.0. The van der Waals surface area contributed by atoms with Gasteiger partial charge >= 0.3 is 0 Å². The van der Waals surface area contributed by atoms with E-state index < -0.39 is 11.6 Å². The number of nitrogens with one attached hydrogen (secondary N) is 1. The Morgan fingerprint density at radius 3 is 2.61 bits per heavy atom. The maximum atomic E-state index is 13.7. The van der Waals surface area contributed by atoms with E-state index >= 15 is 0 Å². The molecule has 0 saturated carbocycles. The molecule has 0 fully saturated rings. The van der Waals surface area contributed by atoms with Crippen LogP contribution in [0.1, 0.15) is 32.3 Å². The molecule has 0 radical (unpaired) electrons. The molecule has 0 amide bonds. The third-order valence-electron chi connectivity index (χ3n) is 2.94. The Morgan fingerprint density at radius 1 is 1.33 bits per heavy atom. The third kappa shape index (κ3) is 3.69. The van der Waals surface area contributed by atoms with Gasteiger partial charge in [-0.05, 0) is 30.4 Å². The lowest BCUT2D eigenvalue weighted by Crippen LogP contribution is -2.24. The van der Waals surface area contributed by atoms with Crippen LogP contribution in [0.3, 0.4) is 0 Å². The first-order valence-electron chi connectivity index (χ1n) is 5.93. The van der Waals surface area contributed by atoms with E-state index in [1.807, 2.05) is 13.8 Å². The van der Waals surface area contributed by atoms with Crippen molar-refractivity contribution in [1.82, 2.24) is 0 Å². The number of nitrogens with zero attached hydrogens (tertiary/aromatic N) is 1. The first-order valence-corrected chi connectivity index (χ1v) is 5.93. The van der Waals surface area contributed by atoms with Crippen molar-refractivity contribution >= 4 is 5.69 Å². The fourth-order valence-electron chi connectivity index (χ4n) is 1.63. The summed E-state index contributed by atoms with van der Waals surface area (Å²) >= 11 is 0. The summed E-state index contributed by atoms with van der Waals surface area (Å²) in [4.78, 5) is 0. The smallest absolute Gasteiger partial charge is 0.152 e. The zero-order chi connectivity index (χ0) is 13.8. The Bertz CT molecular complexity index is 462. The summed E-state index contributed by atoms with van der Waals surface area (Å²) < 4.78 is 27.2. The van der Waals surface area contributed by atoms with Crippen molar-refractivity contribution < 1.29 is 8.78 Å². The minimum atomic E-state index is -0.589. The molecule has 0 aromatic heterocycles. The Hall–Kier alpha value is -1.63. The summed E-state index contributed by atoms with van der Waals surface area (Å²) in [6.45, 7) is 5.94. The van der Waals surface area contributed by atoms with E-state index in [0.717, 1.165) is 0 Å². The molecule has 0 bridgehead atoms. The summed E-state index contributed by atoms with van der Waals surface area (Å²) in [6.07, 6.45) is 1.12. The summed E-state index contributed by atoms with van der Waals surface area (Å²) in [5, 5.41) is 11.4. The van der Waals surface area contributed by atoms with E-state index in [-0.39, 0.29) is 11.1 Å². The standard InChI is InChI=1S/C14H18F2N2/c1-10-5-6-11(15)13(12(10)16)18-9-14(2,3)7-4-8-17/h5-6,18H,4,7,9H2,1-3H3. The van der Waals surface area contributed by atoms with Crippen molar-refractivity contribution in [1.29, 1.82) is 5.26 Å². The van der Waals surface area contributed by atoms with Crippen molar-refractivity contribution in [2.45, 2.75) is 33.6 Å². The van der Waals surface area contributed by atoms with Crippen LogP contribution in [0.5, 0.6) is 0 Å². The lowest BCUT2D eigenvalue weighted by Gasteiger charge is -2.24. The fourth-order valence-corrected chi connectivity index (χ4v) is 1.63. The second-order valence-electron chi connectivity index (χ2n) is 5.23. The summed E-state index contributed by atoms with van der Waals surface area (Å²) in [5.74, 6) is -1.14. The molecule has 0 aliphatic carbocycles. The Kier molecular flexibility index (Phi) is 4.66. The van der Waals surface area contributed by atoms with Gasteiger partial charge in [0.05, 0.1) is 6.07 Å². The Balaban J connectivity index is 2.75. The van der Waals surface area contributed by atoms with E-state index in [9.17, 15) is 8.78 Å². The second kappa shape index (κ2) is 5.81. The number of nitriles is 1. The molecular formula is C14H18F2N2. The number of anilines is 1. The number of benzene rings is 1. The topological polar surface area (TPSA) is 35.8 Å². The van der Waals surface area contributed by atoms with Crippen LogP contribution in [0.4, 0.5) is 14.5 Å². The second-order valence-corrected chi connectivity index (χ2v) is 5.23. The molecule has 0 unspecified atom stereocenters. The number of rotatable bonds is 5. The molecule has 0 aliphatic rings. The van der Waals surface area contributed by atoms with Gasteiger partial charge in [-0.3, -0.25) is 0 Å². The molecule has 1 rings (SSSR count). The SMILES string of the molecule is Cc1ccc(F)c(NCC(C)(C)CCC#N)c1F. The summed E-state index contributed by atoms with van der Waals surface area (Å²) in [6, 6.07) is 4.74. The lowest BCUT2D eigenvalue weighted by atomic mass is 9.88. The number of hydrogen-bond acceptors (Lipinski definition) is 2. The highest BCUT2D eigenvalue weighted by molar-refractivity contribution is 5.49. The van der Waals surface area contributed by atoms with Crippen molar-refractivity contribution in [3.63, 3.8) is 0 Å². The molecule has 0 heterocycles. The van der Waals surface area contributed by atoms with Crippen molar-refractivity contribution in [2.24, 2.45) is 5.41 Å². The molecule has 18 heavy (non-hydrogen) atoms. The van der Waals surface area contributed by atoms with Crippen LogP contribution < -0.4 is 5.32 Å². The zero-order valence-corrected chi connectivity index (χ0v) is 11.0. The fraction of sp³-hybridized carbons (Fsp3) is 0.500. The lowest BCUT2D eigenvalue weighted by molar-refractivity contribution is 0.362. The first-order chi connectivity index (χ1) is 8.37. The molecular weight excluding hydrogens is 234 g/mol. The average molecular weight is 252 g/mol. The normalized spacial score (nSPS) is 11.1. The predicted molar refractivity (Wildman–Crippen MR) is 68.2 cm³/mol. The van der Waals surface area contributed by atoms with Crippen LogP contribution in [-0.2, 0) is 0 Å². The molecule has 1 aromatic carbocycles. The van der Waals surface area contributed by atoms with Crippen molar-refractivity contribution in [2.75, 3.05) is 11.9 Å². The van der Waals surface area contributed by atoms with Crippen LogP contribution in [0.25, 0.3) is 0 Å². The number of hydrogen-bond donors (Lipinski definition) is 1. The molecule has 1 N–H and O–H groups in total. The third-order valence-corrected chi connectivity index (χ3v) is 2.94. The highest BCUT2D eigenvalue weighted by atomic mass is 19.1. The van der Waals surface area contributed by atoms with Gasteiger partial charge in [-0.1, -0.05) is 19.9 Å². The van der Waals surface area contributed by atoms with E-state index in [0.29, 0.717) is 24.9 Å². The maximum Gasteiger partial charge on any atom is 0.152 e. The van der Waals surface area contributed by atoms with Crippen LogP contribution in [-0.4, -0.2) is 6.54 Å². The maximum absolute atomic E-state index is 13.7. The molecule has 2 nitrogen and oxygen atoms in total. The highest BCUT2D eigenvalue weighted by Gasteiger charge is 2.19. The van der Waals surface area contributed by atoms with Gasteiger partial charge in [0.1, 0.15) is 11.5 Å². The predicted octanol–water partition coefficient (Wildman–Crippen LogP) is 4.02. The van der Waals surface area contributed by atoms with E-state index in [1.54, 1.807) is 6.92 Å². The Morgan fingerprint density at radius 2 is 2.00 bits per heavy atom. The molecule has 4 heteroatoms. The van der Waals surface area contributed by atoms with Gasteiger partial charge in [0.15, 0.2) is 5.82 Å². The quantitative estimate of drug-likeness (QED) is 0.859. The highest BCUT2D eigenvalue weighted by Crippen LogP contribution is 2.26. The van der Waals surface area contributed by atoms with Gasteiger partial charge in [0.25, 0.3) is 0 Å². The summed E-state index contributed by atoms with van der Waals surface area (Å²) in [5.41, 5.74) is 0.145. The molecule has 1 aromatic rings. The minimum absolute atomic E-state index is 0.0833. The van der Waals surface area contributed by atoms with E-state index in [2.05, 4.69) is 11.4 Å². The molecule has 98 valence electrons. The number of halogens is 2.